The predicted molar refractivity (Wildman–Crippen MR) is 90.4 cm³/mol. The van der Waals surface area contributed by atoms with Crippen LogP contribution in [0.5, 0.6) is 0 Å². The highest BCUT2D eigenvalue weighted by Crippen LogP contribution is 2.31. The molecule has 1 aromatic carbocycles. The van der Waals surface area contributed by atoms with E-state index < -0.39 is 41.9 Å². The van der Waals surface area contributed by atoms with E-state index in [0.29, 0.717) is 11.3 Å². The standard InChI is InChI=1S/C18H19F2N3O4/c1-10-4-2-3-5-14(10)23-17(26)16(25)22(18(23)27)9-15(24)21-11-6-7-12(19)13(20)8-11/h6-8,10,14H,2-5,9H2,1H3,(H,21,24)/t10-,14+/m1/s1. The minimum absolute atomic E-state index is 0.0259. The Morgan fingerprint density at radius 2 is 1.81 bits per heavy atom. The molecule has 5 amide bonds. The maximum absolute atomic E-state index is 13.2. The average Bonchev–Trinajstić information content (AvgIpc) is 2.82. The lowest BCUT2D eigenvalue weighted by Crippen LogP contribution is -2.46. The normalized spacial score (nSPS) is 23.1. The smallest absolute Gasteiger partial charge is 0.324 e. The van der Waals surface area contributed by atoms with Gasteiger partial charge in [-0.05, 0) is 30.9 Å². The van der Waals surface area contributed by atoms with Gasteiger partial charge in [0, 0.05) is 17.8 Å². The molecule has 1 N–H and O–H groups in total. The highest BCUT2D eigenvalue weighted by atomic mass is 19.2. The van der Waals surface area contributed by atoms with Crippen molar-refractivity contribution in [3.05, 3.63) is 29.8 Å². The second kappa shape index (κ2) is 7.42. The predicted octanol–water partition coefficient (Wildman–Crippen LogP) is 2.27. The molecule has 2 fully saturated rings. The van der Waals surface area contributed by atoms with Crippen LogP contribution in [0.4, 0.5) is 19.3 Å². The van der Waals surface area contributed by atoms with Crippen LogP contribution in [-0.4, -0.2) is 46.1 Å². The monoisotopic (exact) mass is 379 g/mol. The van der Waals surface area contributed by atoms with Crippen molar-refractivity contribution in [1.82, 2.24) is 9.80 Å². The summed E-state index contributed by atoms with van der Waals surface area (Å²) < 4.78 is 26.1. The van der Waals surface area contributed by atoms with Gasteiger partial charge in [0.25, 0.3) is 0 Å². The maximum Gasteiger partial charge on any atom is 0.334 e. The number of nitrogens with zero attached hydrogens (tertiary/aromatic N) is 2. The fraction of sp³-hybridized carbons (Fsp3) is 0.444. The molecule has 0 bridgehead atoms. The number of nitrogens with one attached hydrogen (secondary N) is 1. The summed E-state index contributed by atoms with van der Waals surface area (Å²) in [5.74, 6) is -4.92. The molecule has 144 valence electrons. The number of amides is 5. The third-order valence-electron chi connectivity index (χ3n) is 4.99. The Kier molecular flexibility index (Phi) is 5.20. The molecule has 1 aliphatic carbocycles. The van der Waals surface area contributed by atoms with Crippen molar-refractivity contribution >= 4 is 29.4 Å². The molecule has 0 radical (unpaired) electrons. The van der Waals surface area contributed by atoms with E-state index in [1.165, 1.54) is 0 Å². The number of imide groups is 2. The van der Waals surface area contributed by atoms with Crippen molar-refractivity contribution in [2.75, 3.05) is 11.9 Å². The first-order chi connectivity index (χ1) is 12.8. The summed E-state index contributed by atoms with van der Waals surface area (Å²) in [4.78, 5) is 50.7. The van der Waals surface area contributed by atoms with Gasteiger partial charge in [0.05, 0.1) is 0 Å². The summed E-state index contributed by atoms with van der Waals surface area (Å²) in [6.07, 6.45) is 3.34. The van der Waals surface area contributed by atoms with Crippen LogP contribution in [0.15, 0.2) is 18.2 Å². The molecule has 9 heteroatoms. The largest absolute Gasteiger partial charge is 0.334 e. The van der Waals surface area contributed by atoms with Crippen molar-refractivity contribution in [2.45, 2.75) is 38.6 Å². The molecule has 1 saturated carbocycles. The summed E-state index contributed by atoms with van der Waals surface area (Å²) in [6.45, 7) is 1.24. The summed E-state index contributed by atoms with van der Waals surface area (Å²) in [5.41, 5.74) is -0.0259. The Morgan fingerprint density at radius 1 is 1.11 bits per heavy atom. The molecule has 2 atom stereocenters. The fourth-order valence-corrected chi connectivity index (χ4v) is 3.55. The second-order valence-corrected chi connectivity index (χ2v) is 6.86. The van der Waals surface area contributed by atoms with Gasteiger partial charge in [-0.2, -0.15) is 0 Å². The van der Waals surface area contributed by atoms with Crippen LogP contribution in [-0.2, 0) is 14.4 Å². The van der Waals surface area contributed by atoms with Crippen LogP contribution in [0.2, 0.25) is 0 Å². The van der Waals surface area contributed by atoms with Crippen LogP contribution in [0.3, 0.4) is 0 Å². The van der Waals surface area contributed by atoms with Crippen molar-refractivity contribution < 1.29 is 28.0 Å². The number of carbonyl (C=O) groups excluding carboxylic acids is 4. The second-order valence-electron chi connectivity index (χ2n) is 6.86. The van der Waals surface area contributed by atoms with Crippen molar-refractivity contribution in [1.29, 1.82) is 0 Å². The van der Waals surface area contributed by atoms with Gasteiger partial charge in [-0.25, -0.2) is 18.5 Å². The molecule has 0 unspecified atom stereocenters. The van der Waals surface area contributed by atoms with Crippen LogP contribution in [0, 0.1) is 17.6 Å². The van der Waals surface area contributed by atoms with Gasteiger partial charge < -0.3 is 5.32 Å². The van der Waals surface area contributed by atoms with Gasteiger partial charge in [0.2, 0.25) is 5.91 Å². The Hall–Kier alpha value is -2.84. The molecule has 1 aliphatic heterocycles. The molecule has 0 aromatic heterocycles. The lowest BCUT2D eigenvalue weighted by atomic mass is 9.85. The van der Waals surface area contributed by atoms with E-state index in [1.54, 1.807) is 0 Å². The van der Waals surface area contributed by atoms with Gasteiger partial charge in [0.1, 0.15) is 6.54 Å². The van der Waals surface area contributed by atoms with Crippen molar-refractivity contribution in [3.63, 3.8) is 0 Å². The number of urea groups is 1. The molecule has 2 aliphatic rings. The van der Waals surface area contributed by atoms with E-state index in [-0.39, 0.29) is 17.6 Å². The zero-order valence-electron chi connectivity index (χ0n) is 14.7. The summed E-state index contributed by atoms with van der Waals surface area (Å²) in [5, 5.41) is 2.27. The summed E-state index contributed by atoms with van der Waals surface area (Å²) in [7, 11) is 0. The maximum atomic E-state index is 13.2. The van der Waals surface area contributed by atoms with Crippen LogP contribution >= 0.6 is 0 Å². The van der Waals surface area contributed by atoms with Gasteiger partial charge >= 0.3 is 17.8 Å². The first-order valence-corrected chi connectivity index (χ1v) is 8.73. The molecule has 7 nitrogen and oxygen atoms in total. The lowest BCUT2D eigenvalue weighted by Gasteiger charge is -2.34. The molecular weight excluding hydrogens is 360 g/mol. The number of hydrogen-bond acceptors (Lipinski definition) is 4. The fourth-order valence-electron chi connectivity index (χ4n) is 3.55. The number of halogens is 2. The lowest BCUT2D eigenvalue weighted by molar-refractivity contribution is -0.145. The number of anilines is 1. The van der Waals surface area contributed by atoms with Crippen LogP contribution in [0.1, 0.15) is 32.6 Å². The van der Waals surface area contributed by atoms with E-state index in [2.05, 4.69) is 5.32 Å². The van der Waals surface area contributed by atoms with E-state index in [9.17, 15) is 28.0 Å². The van der Waals surface area contributed by atoms with Gasteiger partial charge in [-0.3, -0.25) is 19.3 Å². The SMILES string of the molecule is C[C@@H]1CCCC[C@@H]1N1C(=O)C(=O)N(CC(=O)Nc2ccc(F)c(F)c2)C1=O. The molecule has 1 saturated heterocycles. The minimum atomic E-state index is -1.14. The first-order valence-electron chi connectivity index (χ1n) is 8.73. The average molecular weight is 379 g/mol. The number of hydrogen-bond donors (Lipinski definition) is 1. The Bertz CT molecular complexity index is 814. The zero-order chi connectivity index (χ0) is 19.7. The van der Waals surface area contributed by atoms with Crippen molar-refractivity contribution in [2.24, 2.45) is 5.92 Å². The zero-order valence-corrected chi connectivity index (χ0v) is 14.7. The Labute approximate surface area is 154 Å². The van der Waals surface area contributed by atoms with Gasteiger partial charge in [0.15, 0.2) is 11.6 Å². The molecule has 27 heavy (non-hydrogen) atoms. The third-order valence-corrected chi connectivity index (χ3v) is 4.99. The highest BCUT2D eigenvalue weighted by Gasteiger charge is 2.49. The molecule has 3 rings (SSSR count). The number of benzene rings is 1. The molecule has 1 aromatic rings. The number of rotatable bonds is 4. The van der Waals surface area contributed by atoms with Gasteiger partial charge in [-0.15, -0.1) is 0 Å². The van der Waals surface area contributed by atoms with E-state index in [0.717, 1.165) is 42.4 Å². The Balaban J connectivity index is 1.70. The van der Waals surface area contributed by atoms with Crippen LogP contribution < -0.4 is 5.32 Å². The Morgan fingerprint density at radius 3 is 2.48 bits per heavy atom. The van der Waals surface area contributed by atoms with E-state index in [1.807, 2.05) is 6.92 Å². The van der Waals surface area contributed by atoms with Gasteiger partial charge in [-0.1, -0.05) is 19.8 Å². The topological polar surface area (TPSA) is 86.8 Å². The molecular formula is C18H19F2N3O4. The summed E-state index contributed by atoms with van der Waals surface area (Å²) >= 11 is 0. The first kappa shape index (κ1) is 18.9. The molecule has 1 heterocycles. The number of carbonyl (C=O) groups is 4. The minimum Gasteiger partial charge on any atom is -0.324 e. The van der Waals surface area contributed by atoms with E-state index >= 15 is 0 Å². The highest BCUT2D eigenvalue weighted by molar-refractivity contribution is 6.45. The quantitative estimate of drug-likeness (QED) is 0.642. The van der Waals surface area contributed by atoms with Crippen molar-refractivity contribution in [3.8, 4) is 0 Å². The third kappa shape index (κ3) is 3.67. The summed E-state index contributed by atoms with van der Waals surface area (Å²) in [6, 6.07) is 1.59. The van der Waals surface area contributed by atoms with Crippen LogP contribution in [0.25, 0.3) is 0 Å². The van der Waals surface area contributed by atoms with E-state index in [4.69, 9.17) is 0 Å². The molecule has 0 spiro atoms.